The van der Waals surface area contributed by atoms with E-state index in [0.717, 1.165) is 12.8 Å². The molecule has 0 spiro atoms. The van der Waals surface area contributed by atoms with E-state index >= 15 is 0 Å². The number of rotatable bonds is 11. The van der Waals surface area contributed by atoms with E-state index in [-0.39, 0.29) is 48.4 Å². The van der Waals surface area contributed by atoms with Gasteiger partial charge in [-0.3, -0.25) is 14.8 Å². The van der Waals surface area contributed by atoms with E-state index in [1.54, 1.807) is 47.5 Å². The van der Waals surface area contributed by atoms with Crippen molar-refractivity contribution in [2.75, 3.05) is 6.54 Å². The minimum atomic E-state index is -1.95. The van der Waals surface area contributed by atoms with Crippen molar-refractivity contribution >= 4 is 35.1 Å². The highest BCUT2D eigenvalue weighted by atomic mass is 16.6. The number of nitrogens with zero attached hydrogens (tertiary/aromatic N) is 3. The summed E-state index contributed by atoms with van der Waals surface area (Å²) in [6.45, 7) is 7.52. The Morgan fingerprint density at radius 2 is 1.91 bits per heavy atom. The lowest BCUT2D eigenvalue weighted by Crippen LogP contribution is -2.44. The fraction of sp³-hybridized carbons (Fsp3) is 0.455. The largest absolute Gasteiger partial charge is 0.458 e. The molecular weight excluding hydrogens is 610 g/mol. The molecule has 2 aliphatic heterocycles. The van der Waals surface area contributed by atoms with E-state index in [0.29, 0.717) is 52.8 Å². The lowest BCUT2D eigenvalue weighted by atomic mass is 9.86. The van der Waals surface area contributed by atoms with Crippen LogP contribution in [0.5, 0.6) is 5.75 Å². The quantitative estimate of drug-likeness (QED) is 0.0612. The van der Waals surface area contributed by atoms with E-state index in [1.165, 1.54) is 0 Å². The van der Waals surface area contributed by atoms with Gasteiger partial charge >= 0.3 is 12.1 Å². The third kappa shape index (κ3) is 6.98. The summed E-state index contributed by atoms with van der Waals surface area (Å²) in [5.74, 6) is -0.951. The molecule has 1 aromatic carbocycles. The third-order valence-electron chi connectivity index (χ3n) is 8.15. The predicted molar refractivity (Wildman–Crippen MR) is 170 cm³/mol. The first kappa shape index (κ1) is 33.5. The van der Waals surface area contributed by atoms with Gasteiger partial charge in [-0.25, -0.2) is 20.1 Å². The van der Waals surface area contributed by atoms with Gasteiger partial charge in [-0.05, 0) is 64.3 Å². The number of cyclic esters (lactones) is 1. The summed E-state index contributed by atoms with van der Waals surface area (Å²) in [7, 11) is 0. The normalized spacial score (nSPS) is 16.8. The molecule has 0 saturated carbocycles. The Hall–Kier alpha value is -4.82. The SMILES string of the molecule is CC[C@@]1(O)C(=O)OCc2c1cc1n(c2=O)Cc2c-1nc1ccc(OC(=O)NCCCCCCC(=O)NO)cc1c2/C=N\OC(C)(C)C. The van der Waals surface area contributed by atoms with Gasteiger partial charge in [0.25, 0.3) is 5.56 Å². The van der Waals surface area contributed by atoms with Gasteiger partial charge in [0, 0.05) is 35.0 Å². The van der Waals surface area contributed by atoms with Crippen LogP contribution in [-0.2, 0) is 37.9 Å². The molecule has 1 atom stereocenters. The van der Waals surface area contributed by atoms with Crippen LogP contribution >= 0.6 is 0 Å². The molecule has 0 radical (unpaired) electrons. The molecule has 0 bridgehead atoms. The number of nitrogens with one attached hydrogen (secondary N) is 2. The first-order chi connectivity index (χ1) is 22.4. The summed E-state index contributed by atoms with van der Waals surface area (Å²) in [5, 5.41) is 27.3. The highest BCUT2D eigenvalue weighted by molar-refractivity contribution is 6.03. The maximum Gasteiger partial charge on any atom is 0.412 e. The molecule has 14 nitrogen and oxygen atoms in total. The van der Waals surface area contributed by atoms with Crippen molar-refractivity contribution in [3.05, 3.63) is 56.9 Å². The Morgan fingerprint density at radius 3 is 2.64 bits per heavy atom. The second-order valence-electron chi connectivity index (χ2n) is 12.6. The predicted octanol–water partition coefficient (Wildman–Crippen LogP) is 3.77. The number of ether oxygens (including phenoxy) is 2. The summed E-state index contributed by atoms with van der Waals surface area (Å²) in [4.78, 5) is 60.4. The van der Waals surface area contributed by atoms with Gasteiger partial charge in [0.05, 0.1) is 35.2 Å². The molecule has 250 valence electrons. The lowest BCUT2D eigenvalue weighted by molar-refractivity contribution is -0.172. The van der Waals surface area contributed by atoms with Gasteiger partial charge in [0.2, 0.25) is 5.91 Å². The van der Waals surface area contributed by atoms with Crippen LogP contribution in [0, 0.1) is 0 Å². The molecule has 0 aliphatic carbocycles. The van der Waals surface area contributed by atoms with E-state index in [9.17, 15) is 24.3 Å². The number of hydrogen-bond acceptors (Lipinski definition) is 11. The van der Waals surface area contributed by atoms with Crippen LogP contribution < -0.4 is 21.1 Å². The molecule has 0 saturated heterocycles. The first-order valence-electron chi connectivity index (χ1n) is 15.6. The topological polar surface area (TPSA) is 191 Å². The Bertz CT molecular complexity index is 1810. The second-order valence-corrected chi connectivity index (χ2v) is 12.6. The molecule has 0 unspecified atom stereocenters. The molecule has 5 rings (SSSR count). The number of carbonyl (C=O) groups is 3. The molecule has 2 aliphatic rings. The standard InChI is InChI=1S/C33H39N5O9/c1-5-33(43)24-15-26-28-22(17-38(26)29(40)23(24)18-45-30(33)41)21(16-35-47-32(2,3)4)20-14-19(11-12-25(20)36-28)46-31(42)34-13-9-7-6-8-10-27(39)37-44/h11-12,14-16,43-44H,5-10,13,17-18H2,1-4H3,(H,34,42)(H,37,39)/b35-16-/t33-/m0/s1. The molecular formula is C33H39N5O9. The summed E-state index contributed by atoms with van der Waals surface area (Å²) in [6.07, 6.45) is 4.09. The highest BCUT2D eigenvalue weighted by Crippen LogP contribution is 2.40. The molecule has 47 heavy (non-hydrogen) atoms. The molecule has 0 fully saturated rings. The van der Waals surface area contributed by atoms with Gasteiger partial charge in [0.1, 0.15) is 18.0 Å². The zero-order chi connectivity index (χ0) is 33.9. The minimum Gasteiger partial charge on any atom is -0.458 e. The van der Waals surface area contributed by atoms with Crippen molar-refractivity contribution in [2.45, 2.75) is 90.6 Å². The number of amides is 2. The molecule has 4 heterocycles. The summed E-state index contributed by atoms with van der Waals surface area (Å²) >= 11 is 0. The maximum atomic E-state index is 13.7. The van der Waals surface area contributed by atoms with Gasteiger partial charge < -0.3 is 29.3 Å². The molecule has 14 heteroatoms. The lowest BCUT2D eigenvalue weighted by Gasteiger charge is -2.31. The molecule has 2 amide bonds. The number of aliphatic hydroxyl groups is 1. The number of fused-ring (bicyclic) bond motifs is 5. The van der Waals surface area contributed by atoms with Crippen molar-refractivity contribution in [1.29, 1.82) is 0 Å². The monoisotopic (exact) mass is 649 g/mol. The van der Waals surface area contributed by atoms with E-state index in [1.807, 2.05) is 20.8 Å². The first-order valence-corrected chi connectivity index (χ1v) is 15.6. The van der Waals surface area contributed by atoms with E-state index in [4.69, 9.17) is 24.5 Å². The highest BCUT2D eigenvalue weighted by Gasteiger charge is 2.45. The van der Waals surface area contributed by atoms with Crippen molar-refractivity contribution < 1.29 is 39.0 Å². The van der Waals surface area contributed by atoms with Gasteiger partial charge in [-0.2, -0.15) is 0 Å². The van der Waals surface area contributed by atoms with Gasteiger partial charge in [-0.1, -0.05) is 24.9 Å². The maximum absolute atomic E-state index is 13.7. The summed E-state index contributed by atoms with van der Waals surface area (Å²) < 4.78 is 12.3. The number of esters is 1. The molecule has 2 aromatic heterocycles. The molecule has 3 aromatic rings. The Kier molecular flexibility index (Phi) is 9.63. The number of aromatic nitrogens is 2. The average molecular weight is 650 g/mol. The number of pyridine rings is 2. The number of benzene rings is 1. The summed E-state index contributed by atoms with van der Waals surface area (Å²) in [6, 6.07) is 6.62. The van der Waals surface area contributed by atoms with Crippen LogP contribution in [-0.4, -0.2) is 56.2 Å². The minimum absolute atomic E-state index is 0.0314. The fourth-order valence-electron chi connectivity index (χ4n) is 5.69. The van der Waals surface area contributed by atoms with Crippen LogP contribution in [0.4, 0.5) is 4.79 Å². The van der Waals surface area contributed by atoms with Crippen molar-refractivity contribution in [1.82, 2.24) is 20.3 Å². The van der Waals surface area contributed by atoms with E-state index < -0.39 is 29.2 Å². The van der Waals surface area contributed by atoms with Gasteiger partial charge in [0.15, 0.2) is 5.60 Å². The van der Waals surface area contributed by atoms with Crippen molar-refractivity contribution in [2.24, 2.45) is 5.16 Å². The molecule has 4 N–H and O–H groups in total. The number of carbonyl (C=O) groups excluding carboxylic acids is 3. The smallest absolute Gasteiger partial charge is 0.412 e. The third-order valence-corrected chi connectivity index (χ3v) is 8.15. The Labute approximate surface area is 270 Å². The number of hydrogen-bond donors (Lipinski definition) is 4. The Morgan fingerprint density at radius 1 is 1.15 bits per heavy atom. The van der Waals surface area contributed by atoms with Crippen LogP contribution in [0.3, 0.4) is 0 Å². The second kappa shape index (κ2) is 13.5. The van der Waals surface area contributed by atoms with Crippen LogP contribution in [0.2, 0.25) is 0 Å². The van der Waals surface area contributed by atoms with Crippen molar-refractivity contribution in [3.8, 4) is 17.1 Å². The van der Waals surface area contributed by atoms with Gasteiger partial charge in [-0.15, -0.1) is 0 Å². The fourth-order valence-corrected chi connectivity index (χ4v) is 5.69. The van der Waals surface area contributed by atoms with Crippen LogP contribution in [0.25, 0.3) is 22.3 Å². The average Bonchev–Trinajstić information content (AvgIpc) is 3.40. The van der Waals surface area contributed by atoms with Crippen molar-refractivity contribution in [3.63, 3.8) is 0 Å². The Balaban J connectivity index is 1.44. The number of hydroxylamine groups is 1. The number of unbranched alkanes of at least 4 members (excludes halogenated alkanes) is 3. The van der Waals surface area contributed by atoms with Crippen LogP contribution in [0.15, 0.2) is 34.2 Å². The van der Waals surface area contributed by atoms with E-state index in [2.05, 4.69) is 10.5 Å². The zero-order valence-corrected chi connectivity index (χ0v) is 26.8. The zero-order valence-electron chi connectivity index (χ0n) is 26.8. The summed E-state index contributed by atoms with van der Waals surface area (Å²) in [5.41, 5.74) is 1.90. The number of oxime groups is 1. The van der Waals surface area contributed by atoms with Crippen LogP contribution in [0.1, 0.15) is 88.5 Å².